The second-order valence-corrected chi connectivity index (χ2v) is 5.92. The Morgan fingerprint density at radius 3 is 2.35 bits per heavy atom. The molecule has 0 saturated carbocycles. The lowest BCUT2D eigenvalue weighted by molar-refractivity contribution is -0.0498. The maximum atomic E-state index is 12.5. The van der Waals surface area contributed by atoms with Crippen molar-refractivity contribution in [3.63, 3.8) is 0 Å². The summed E-state index contributed by atoms with van der Waals surface area (Å²) in [6.45, 7) is 0.715. The van der Waals surface area contributed by atoms with Gasteiger partial charge in [0.15, 0.2) is 0 Å². The Morgan fingerprint density at radius 1 is 1.25 bits per heavy atom. The Hall–Kier alpha value is -1.01. The van der Waals surface area contributed by atoms with Crippen LogP contribution in [0.25, 0.3) is 0 Å². The van der Waals surface area contributed by atoms with Crippen LogP contribution in [0.5, 0.6) is 5.75 Å². The molecule has 0 aliphatic heterocycles. The fourth-order valence-electron chi connectivity index (χ4n) is 1.62. The zero-order valence-corrected chi connectivity index (χ0v) is 12.2. The number of halogens is 2. The molecule has 0 aromatic heterocycles. The lowest BCUT2D eigenvalue weighted by Crippen LogP contribution is -2.15. The van der Waals surface area contributed by atoms with E-state index in [1.165, 1.54) is 18.2 Å². The van der Waals surface area contributed by atoms with Crippen molar-refractivity contribution < 1.29 is 27.1 Å². The predicted molar refractivity (Wildman–Crippen MR) is 70.9 cm³/mol. The summed E-state index contributed by atoms with van der Waals surface area (Å²) in [6.07, 6.45) is 0. The van der Waals surface area contributed by atoms with E-state index in [4.69, 9.17) is 14.8 Å². The lowest BCUT2D eigenvalue weighted by atomic mass is 10.2. The van der Waals surface area contributed by atoms with Crippen molar-refractivity contribution in [1.82, 2.24) is 0 Å². The van der Waals surface area contributed by atoms with Gasteiger partial charge in [0.05, 0.1) is 13.2 Å². The van der Waals surface area contributed by atoms with Crippen LogP contribution in [0.15, 0.2) is 24.3 Å². The van der Waals surface area contributed by atoms with Crippen molar-refractivity contribution in [2.24, 2.45) is 5.73 Å². The van der Waals surface area contributed by atoms with E-state index in [9.17, 15) is 13.3 Å². The second kappa shape index (κ2) is 7.69. The van der Waals surface area contributed by atoms with Gasteiger partial charge >= 0.3 is 14.2 Å². The molecular weight excluding hydrogens is 291 g/mol. The Morgan fingerprint density at radius 2 is 1.85 bits per heavy atom. The number of hydrogen-bond donors (Lipinski definition) is 1. The summed E-state index contributed by atoms with van der Waals surface area (Å²) < 4.78 is 51.4. The molecule has 2 N–H and O–H groups in total. The van der Waals surface area contributed by atoms with E-state index in [0.29, 0.717) is 5.56 Å². The lowest BCUT2D eigenvalue weighted by Gasteiger charge is -2.23. The third-order valence-corrected chi connectivity index (χ3v) is 4.60. The number of benzene rings is 1. The quantitative estimate of drug-likeness (QED) is 0.744. The molecule has 8 heteroatoms. The van der Waals surface area contributed by atoms with Crippen LogP contribution in [-0.2, 0) is 13.6 Å². The first-order valence-electron chi connectivity index (χ1n) is 6.12. The van der Waals surface area contributed by atoms with Crippen LogP contribution in [0.2, 0.25) is 0 Å². The highest BCUT2D eigenvalue weighted by atomic mass is 31.2. The van der Waals surface area contributed by atoms with E-state index in [1.807, 2.05) is 0 Å². The molecule has 114 valence electrons. The molecule has 0 aliphatic carbocycles. The summed E-state index contributed by atoms with van der Waals surface area (Å²) in [6, 6.07) is 5.68. The standard InChI is InChI=1S/C12H18F2NO4P/c1-3-17-20(16,18-4-2)11(15)9-6-5-7-10(8-9)19-12(13)14/h5-8,11-12H,3-4,15H2,1-2H3/t11-/m1/s1. The second-order valence-electron chi connectivity index (χ2n) is 3.77. The Balaban J connectivity index is 2.99. The van der Waals surface area contributed by atoms with Gasteiger partial charge in [0.2, 0.25) is 0 Å². The van der Waals surface area contributed by atoms with E-state index in [-0.39, 0.29) is 19.0 Å². The number of hydrogen-bond acceptors (Lipinski definition) is 5. The van der Waals surface area contributed by atoms with Crippen molar-refractivity contribution in [2.45, 2.75) is 26.2 Å². The highest BCUT2D eigenvalue weighted by Crippen LogP contribution is 2.58. The van der Waals surface area contributed by atoms with Gasteiger partial charge < -0.3 is 19.5 Å². The summed E-state index contributed by atoms with van der Waals surface area (Å²) in [5.41, 5.74) is 6.23. The van der Waals surface area contributed by atoms with Gasteiger partial charge in [-0.15, -0.1) is 0 Å². The van der Waals surface area contributed by atoms with E-state index in [1.54, 1.807) is 19.9 Å². The Labute approximate surface area is 116 Å². The first-order valence-corrected chi connectivity index (χ1v) is 7.73. The predicted octanol–water partition coefficient (Wildman–Crippen LogP) is 3.51. The molecule has 1 atom stereocenters. The van der Waals surface area contributed by atoms with Crippen LogP contribution in [-0.4, -0.2) is 19.8 Å². The fraction of sp³-hybridized carbons (Fsp3) is 0.500. The molecule has 0 unspecified atom stereocenters. The summed E-state index contributed by atoms with van der Waals surface area (Å²) in [7, 11) is -3.55. The summed E-state index contributed by atoms with van der Waals surface area (Å²) >= 11 is 0. The van der Waals surface area contributed by atoms with Crippen molar-refractivity contribution >= 4 is 7.60 Å². The molecule has 1 aromatic rings. The van der Waals surface area contributed by atoms with Gasteiger partial charge in [0.25, 0.3) is 0 Å². The van der Waals surface area contributed by atoms with Crippen LogP contribution in [0.3, 0.4) is 0 Å². The molecule has 1 rings (SSSR count). The Kier molecular flexibility index (Phi) is 6.55. The van der Waals surface area contributed by atoms with Crippen LogP contribution in [0.4, 0.5) is 8.78 Å². The van der Waals surface area contributed by atoms with Crippen molar-refractivity contribution in [3.8, 4) is 5.75 Å². The molecule has 0 amide bonds. The van der Waals surface area contributed by atoms with Crippen molar-refractivity contribution in [3.05, 3.63) is 29.8 Å². The minimum absolute atomic E-state index is 0.0625. The largest absolute Gasteiger partial charge is 0.435 e. The highest BCUT2D eigenvalue weighted by molar-refractivity contribution is 7.54. The molecule has 5 nitrogen and oxygen atoms in total. The van der Waals surface area contributed by atoms with E-state index in [2.05, 4.69) is 4.74 Å². The molecule has 20 heavy (non-hydrogen) atoms. The molecule has 0 saturated heterocycles. The number of nitrogens with two attached hydrogens (primary N) is 1. The van der Waals surface area contributed by atoms with Gasteiger partial charge in [-0.3, -0.25) is 4.57 Å². The topological polar surface area (TPSA) is 70.8 Å². The van der Waals surface area contributed by atoms with Crippen LogP contribution >= 0.6 is 7.60 Å². The Bertz CT molecular complexity index is 463. The fourth-order valence-corrected chi connectivity index (χ4v) is 3.26. The highest BCUT2D eigenvalue weighted by Gasteiger charge is 2.34. The zero-order chi connectivity index (χ0) is 15.2. The first kappa shape index (κ1) is 17.0. The van der Waals surface area contributed by atoms with Crippen LogP contribution in [0, 0.1) is 0 Å². The molecule has 0 spiro atoms. The van der Waals surface area contributed by atoms with Gasteiger partial charge in [-0.25, -0.2) is 0 Å². The maximum Gasteiger partial charge on any atom is 0.387 e. The third-order valence-electron chi connectivity index (χ3n) is 2.38. The minimum atomic E-state index is -3.55. The SMILES string of the molecule is CCOP(=O)(OCC)[C@@H](N)c1cccc(OC(F)F)c1. The average Bonchev–Trinajstić information content (AvgIpc) is 2.38. The molecule has 0 heterocycles. The number of alkyl halides is 2. The zero-order valence-electron chi connectivity index (χ0n) is 11.3. The normalized spacial score (nSPS) is 13.5. The molecule has 0 radical (unpaired) electrons. The summed E-state index contributed by atoms with van der Waals surface area (Å²) in [4.78, 5) is 0. The summed E-state index contributed by atoms with van der Waals surface area (Å²) in [5.74, 6) is -1.13. The van der Waals surface area contributed by atoms with Gasteiger partial charge in [0, 0.05) is 0 Å². The van der Waals surface area contributed by atoms with Crippen LogP contribution < -0.4 is 10.5 Å². The molecule has 1 aromatic carbocycles. The van der Waals surface area contributed by atoms with E-state index in [0.717, 1.165) is 0 Å². The third kappa shape index (κ3) is 4.52. The molecular formula is C12H18F2NO4P. The van der Waals surface area contributed by atoms with Crippen molar-refractivity contribution in [2.75, 3.05) is 13.2 Å². The van der Waals surface area contributed by atoms with Crippen molar-refractivity contribution in [1.29, 1.82) is 0 Å². The molecule has 0 bridgehead atoms. The molecule has 0 fully saturated rings. The van der Waals surface area contributed by atoms with Gasteiger partial charge in [-0.05, 0) is 31.5 Å². The van der Waals surface area contributed by atoms with Crippen LogP contribution in [0.1, 0.15) is 25.2 Å². The summed E-state index contributed by atoms with van der Waals surface area (Å²) in [5, 5.41) is 0. The monoisotopic (exact) mass is 309 g/mol. The first-order chi connectivity index (χ1) is 9.42. The van der Waals surface area contributed by atoms with E-state index < -0.39 is 20.0 Å². The smallest absolute Gasteiger partial charge is 0.387 e. The van der Waals surface area contributed by atoms with E-state index >= 15 is 0 Å². The molecule has 0 aliphatic rings. The number of rotatable bonds is 8. The average molecular weight is 309 g/mol. The maximum absolute atomic E-state index is 12.5. The van der Waals surface area contributed by atoms with Gasteiger partial charge in [0.1, 0.15) is 11.5 Å². The van der Waals surface area contributed by atoms with Gasteiger partial charge in [-0.2, -0.15) is 8.78 Å². The minimum Gasteiger partial charge on any atom is -0.435 e. The van der Waals surface area contributed by atoms with Gasteiger partial charge in [-0.1, -0.05) is 12.1 Å². The number of ether oxygens (including phenoxy) is 1.